The average Bonchev–Trinajstić information content (AvgIpc) is 2.72. The molecule has 4 heteroatoms. The maximum Gasteiger partial charge on any atom is 0.231 e. The number of ether oxygens (including phenoxy) is 2. The summed E-state index contributed by atoms with van der Waals surface area (Å²) in [7, 11) is 1.85. The Balaban J connectivity index is 2.37. The minimum absolute atomic E-state index is 0.0412. The standard InChI is InChI=1S/C12H14N2O2/c1-8-5-11-12(16-7-15-11)6-9(8)10(14-2)3-4-13/h5-6,10,14H,3,7H2,1-2H3. The second-order valence-corrected chi connectivity index (χ2v) is 3.77. The summed E-state index contributed by atoms with van der Waals surface area (Å²) >= 11 is 0. The van der Waals surface area contributed by atoms with Gasteiger partial charge in [-0.3, -0.25) is 0 Å². The molecule has 0 saturated carbocycles. The molecule has 16 heavy (non-hydrogen) atoms. The molecule has 1 heterocycles. The van der Waals surface area contributed by atoms with Crippen molar-refractivity contribution < 1.29 is 9.47 Å². The summed E-state index contributed by atoms with van der Waals surface area (Å²) in [5.41, 5.74) is 2.20. The third-order valence-corrected chi connectivity index (χ3v) is 2.78. The van der Waals surface area contributed by atoms with Gasteiger partial charge in [0.25, 0.3) is 0 Å². The molecule has 0 saturated heterocycles. The average molecular weight is 218 g/mol. The van der Waals surface area contributed by atoms with Crippen LogP contribution in [0.25, 0.3) is 0 Å². The van der Waals surface area contributed by atoms with Crippen LogP contribution < -0.4 is 14.8 Å². The lowest BCUT2D eigenvalue weighted by atomic mass is 9.98. The number of rotatable bonds is 3. The minimum atomic E-state index is 0.0412. The van der Waals surface area contributed by atoms with E-state index in [9.17, 15) is 0 Å². The summed E-state index contributed by atoms with van der Waals surface area (Å²) in [4.78, 5) is 0. The van der Waals surface area contributed by atoms with Crippen LogP contribution in [-0.4, -0.2) is 13.8 Å². The van der Waals surface area contributed by atoms with Crippen molar-refractivity contribution in [2.45, 2.75) is 19.4 Å². The zero-order valence-electron chi connectivity index (χ0n) is 9.41. The van der Waals surface area contributed by atoms with Crippen LogP contribution in [0, 0.1) is 18.3 Å². The number of hydrogen-bond donors (Lipinski definition) is 1. The molecule has 1 aliphatic heterocycles. The van der Waals surface area contributed by atoms with Crippen LogP contribution in [0.5, 0.6) is 11.5 Å². The predicted octanol–water partition coefficient (Wildman–Crippen LogP) is 1.90. The van der Waals surface area contributed by atoms with Crippen molar-refractivity contribution >= 4 is 0 Å². The molecule has 0 aliphatic carbocycles. The second kappa shape index (κ2) is 4.42. The Labute approximate surface area is 94.8 Å². The quantitative estimate of drug-likeness (QED) is 0.841. The molecule has 1 N–H and O–H groups in total. The van der Waals surface area contributed by atoms with Gasteiger partial charge in [0, 0.05) is 6.04 Å². The van der Waals surface area contributed by atoms with Crippen LogP contribution >= 0.6 is 0 Å². The van der Waals surface area contributed by atoms with E-state index >= 15 is 0 Å². The minimum Gasteiger partial charge on any atom is -0.454 e. The Kier molecular flexibility index (Phi) is 2.97. The summed E-state index contributed by atoms with van der Waals surface area (Å²) in [5.74, 6) is 1.55. The molecule has 0 radical (unpaired) electrons. The molecule has 1 aromatic rings. The molecular weight excluding hydrogens is 204 g/mol. The molecule has 0 amide bonds. The maximum atomic E-state index is 8.77. The molecule has 0 fully saturated rings. The van der Waals surface area contributed by atoms with Crippen LogP contribution in [0.3, 0.4) is 0 Å². The Morgan fingerprint density at radius 2 is 2.12 bits per heavy atom. The lowest BCUT2D eigenvalue weighted by Crippen LogP contribution is -2.16. The van der Waals surface area contributed by atoms with Gasteiger partial charge < -0.3 is 14.8 Å². The van der Waals surface area contributed by atoms with Gasteiger partial charge in [0.05, 0.1) is 12.5 Å². The van der Waals surface area contributed by atoms with E-state index in [-0.39, 0.29) is 12.8 Å². The van der Waals surface area contributed by atoms with Crippen molar-refractivity contribution in [3.8, 4) is 17.6 Å². The highest BCUT2D eigenvalue weighted by Crippen LogP contribution is 2.36. The van der Waals surface area contributed by atoms with Gasteiger partial charge in [0.1, 0.15) is 0 Å². The van der Waals surface area contributed by atoms with Crippen molar-refractivity contribution in [3.63, 3.8) is 0 Å². The fraction of sp³-hybridized carbons (Fsp3) is 0.417. The van der Waals surface area contributed by atoms with E-state index in [2.05, 4.69) is 11.4 Å². The largest absolute Gasteiger partial charge is 0.454 e. The van der Waals surface area contributed by atoms with Crippen molar-refractivity contribution in [1.29, 1.82) is 5.26 Å². The van der Waals surface area contributed by atoms with Gasteiger partial charge in [-0.1, -0.05) is 0 Å². The summed E-state index contributed by atoms with van der Waals surface area (Å²) in [6.45, 7) is 2.29. The summed E-state index contributed by atoms with van der Waals surface area (Å²) in [6, 6.07) is 6.13. The first kappa shape index (κ1) is 10.8. The van der Waals surface area contributed by atoms with Crippen LogP contribution in [0.4, 0.5) is 0 Å². The number of nitrogens with zero attached hydrogens (tertiary/aromatic N) is 1. The Bertz CT molecular complexity index is 437. The van der Waals surface area contributed by atoms with Crippen LogP contribution in [0.2, 0.25) is 0 Å². The van der Waals surface area contributed by atoms with E-state index in [0.29, 0.717) is 6.42 Å². The number of nitrogens with one attached hydrogen (secondary N) is 1. The first-order valence-electron chi connectivity index (χ1n) is 5.20. The normalized spacial score (nSPS) is 14.6. The van der Waals surface area contributed by atoms with Gasteiger partial charge >= 0.3 is 0 Å². The van der Waals surface area contributed by atoms with E-state index < -0.39 is 0 Å². The molecule has 1 aromatic carbocycles. The highest BCUT2D eigenvalue weighted by Gasteiger charge is 2.19. The zero-order valence-corrected chi connectivity index (χ0v) is 9.41. The Hall–Kier alpha value is -1.73. The summed E-state index contributed by atoms with van der Waals surface area (Å²) < 4.78 is 10.6. The number of hydrogen-bond acceptors (Lipinski definition) is 4. The smallest absolute Gasteiger partial charge is 0.231 e. The van der Waals surface area contributed by atoms with Gasteiger partial charge in [0.2, 0.25) is 6.79 Å². The lowest BCUT2D eigenvalue weighted by molar-refractivity contribution is 0.174. The monoisotopic (exact) mass is 218 g/mol. The van der Waals surface area contributed by atoms with Crippen LogP contribution in [0.15, 0.2) is 12.1 Å². The van der Waals surface area contributed by atoms with E-state index in [1.807, 2.05) is 26.1 Å². The van der Waals surface area contributed by atoms with Crippen LogP contribution in [-0.2, 0) is 0 Å². The van der Waals surface area contributed by atoms with Crippen molar-refractivity contribution in [1.82, 2.24) is 5.32 Å². The van der Waals surface area contributed by atoms with E-state index in [0.717, 1.165) is 22.6 Å². The fourth-order valence-electron chi connectivity index (χ4n) is 1.89. The molecule has 1 unspecified atom stereocenters. The number of aryl methyl sites for hydroxylation is 1. The molecule has 0 spiro atoms. The van der Waals surface area contributed by atoms with Crippen LogP contribution in [0.1, 0.15) is 23.6 Å². The molecule has 1 atom stereocenters. The lowest BCUT2D eigenvalue weighted by Gasteiger charge is -2.16. The van der Waals surface area contributed by atoms with Crippen molar-refractivity contribution in [3.05, 3.63) is 23.3 Å². The number of fused-ring (bicyclic) bond motifs is 1. The molecule has 4 nitrogen and oxygen atoms in total. The SMILES string of the molecule is CNC(CC#N)c1cc2c(cc1C)OCO2. The Morgan fingerprint density at radius 3 is 2.75 bits per heavy atom. The molecule has 84 valence electrons. The van der Waals surface area contributed by atoms with Crippen molar-refractivity contribution in [2.24, 2.45) is 0 Å². The third kappa shape index (κ3) is 1.82. The number of benzene rings is 1. The summed E-state index contributed by atoms with van der Waals surface area (Å²) in [6.07, 6.45) is 0.441. The highest BCUT2D eigenvalue weighted by molar-refractivity contribution is 5.49. The Morgan fingerprint density at radius 1 is 1.44 bits per heavy atom. The molecule has 2 rings (SSSR count). The first-order chi connectivity index (χ1) is 7.76. The topological polar surface area (TPSA) is 54.3 Å². The molecular formula is C12H14N2O2. The highest BCUT2D eigenvalue weighted by atomic mass is 16.7. The van der Waals surface area contributed by atoms with Gasteiger partial charge in [-0.05, 0) is 37.2 Å². The van der Waals surface area contributed by atoms with Gasteiger partial charge in [-0.25, -0.2) is 0 Å². The first-order valence-corrected chi connectivity index (χ1v) is 5.20. The molecule has 0 aromatic heterocycles. The molecule has 0 bridgehead atoms. The van der Waals surface area contributed by atoms with Gasteiger partial charge in [-0.2, -0.15) is 5.26 Å². The second-order valence-electron chi connectivity index (χ2n) is 3.77. The zero-order chi connectivity index (χ0) is 11.5. The maximum absolute atomic E-state index is 8.77. The summed E-state index contributed by atoms with van der Waals surface area (Å²) in [5, 5.41) is 11.9. The van der Waals surface area contributed by atoms with E-state index in [4.69, 9.17) is 14.7 Å². The third-order valence-electron chi connectivity index (χ3n) is 2.78. The van der Waals surface area contributed by atoms with Crippen molar-refractivity contribution in [2.75, 3.05) is 13.8 Å². The van der Waals surface area contributed by atoms with E-state index in [1.54, 1.807) is 0 Å². The molecule has 1 aliphatic rings. The fourth-order valence-corrected chi connectivity index (χ4v) is 1.89. The van der Waals surface area contributed by atoms with Gasteiger partial charge in [0.15, 0.2) is 11.5 Å². The number of nitriles is 1. The van der Waals surface area contributed by atoms with Gasteiger partial charge in [-0.15, -0.1) is 0 Å². The predicted molar refractivity (Wildman–Crippen MR) is 59.3 cm³/mol. The van der Waals surface area contributed by atoms with E-state index in [1.165, 1.54) is 0 Å².